The lowest BCUT2D eigenvalue weighted by molar-refractivity contribution is -0.139. The van der Waals surface area contributed by atoms with Crippen molar-refractivity contribution < 1.29 is 9.90 Å². The number of hydrogen-bond donors (Lipinski definition) is 1. The Labute approximate surface area is 72.6 Å². The molecule has 0 aromatic heterocycles. The van der Waals surface area contributed by atoms with Gasteiger partial charge in [-0.1, -0.05) is 32.0 Å². The van der Waals surface area contributed by atoms with E-state index in [0.29, 0.717) is 11.3 Å². The summed E-state index contributed by atoms with van der Waals surface area (Å²) in [6.07, 6.45) is 2.64. The van der Waals surface area contributed by atoms with Crippen LogP contribution in [0, 0.1) is 5.92 Å². The molecule has 0 aromatic carbocycles. The van der Waals surface area contributed by atoms with E-state index in [4.69, 9.17) is 17.3 Å². The monoisotopic (exact) mass is 174 g/mol. The van der Waals surface area contributed by atoms with Gasteiger partial charge in [-0.3, -0.25) is 4.79 Å². The lowest BCUT2D eigenvalue weighted by Crippen LogP contribution is -2.19. The summed E-state index contributed by atoms with van der Waals surface area (Å²) >= 11 is 4.83. The second-order valence-corrected chi connectivity index (χ2v) is 3.29. The minimum Gasteiger partial charge on any atom is -0.481 e. The summed E-state index contributed by atoms with van der Waals surface area (Å²) in [6.45, 7) is 3.74. The standard InChI is InChI=1S/C8H14O2S/c1-3-4-5-7(6(2)11)8(9)10/h7H,3-5H2,1-2H3,(H,9,10). The molecule has 0 heterocycles. The summed E-state index contributed by atoms with van der Waals surface area (Å²) < 4.78 is 0. The summed E-state index contributed by atoms with van der Waals surface area (Å²) in [7, 11) is 0. The Kier molecular flexibility index (Phi) is 5.03. The highest BCUT2D eigenvalue weighted by Crippen LogP contribution is 2.10. The maximum Gasteiger partial charge on any atom is 0.311 e. The van der Waals surface area contributed by atoms with Gasteiger partial charge in [0.15, 0.2) is 0 Å². The van der Waals surface area contributed by atoms with Crippen LogP contribution in [0.25, 0.3) is 0 Å². The van der Waals surface area contributed by atoms with Crippen molar-refractivity contribution in [3.8, 4) is 0 Å². The van der Waals surface area contributed by atoms with Crippen molar-refractivity contribution in [2.45, 2.75) is 33.1 Å². The van der Waals surface area contributed by atoms with E-state index in [9.17, 15) is 4.79 Å². The topological polar surface area (TPSA) is 37.3 Å². The number of rotatable bonds is 5. The molecule has 11 heavy (non-hydrogen) atoms. The highest BCUT2D eigenvalue weighted by atomic mass is 32.1. The van der Waals surface area contributed by atoms with Gasteiger partial charge in [-0.15, -0.1) is 0 Å². The summed E-state index contributed by atoms with van der Waals surface area (Å²) in [6, 6.07) is 0. The predicted molar refractivity (Wildman–Crippen MR) is 48.9 cm³/mol. The third kappa shape index (κ3) is 4.09. The maximum absolute atomic E-state index is 10.6. The molecule has 0 aliphatic rings. The number of hydrogen-bond acceptors (Lipinski definition) is 2. The van der Waals surface area contributed by atoms with Crippen LogP contribution in [0.2, 0.25) is 0 Å². The largest absolute Gasteiger partial charge is 0.481 e. The van der Waals surface area contributed by atoms with E-state index in [1.807, 2.05) is 6.92 Å². The number of carboxylic acid groups (broad SMARTS) is 1. The van der Waals surface area contributed by atoms with E-state index in [2.05, 4.69) is 0 Å². The van der Waals surface area contributed by atoms with Crippen LogP contribution in [-0.2, 0) is 4.79 Å². The molecule has 1 unspecified atom stereocenters. The second kappa shape index (κ2) is 5.24. The van der Waals surface area contributed by atoms with Crippen molar-refractivity contribution in [1.82, 2.24) is 0 Å². The molecule has 0 saturated carbocycles. The molecule has 0 saturated heterocycles. The Bertz CT molecular complexity index is 140. The minimum atomic E-state index is -0.786. The number of aliphatic carboxylic acids is 1. The maximum atomic E-state index is 10.6. The fraction of sp³-hybridized carbons (Fsp3) is 0.750. The molecule has 64 valence electrons. The number of carbonyl (C=O) groups is 1. The third-order valence-corrected chi connectivity index (χ3v) is 1.92. The van der Waals surface area contributed by atoms with Gasteiger partial charge in [0.25, 0.3) is 0 Å². The molecule has 0 fully saturated rings. The van der Waals surface area contributed by atoms with Crippen LogP contribution in [0.4, 0.5) is 0 Å². The van der Waals surface area contributed by atoms with Crippen molar-refractivity contribution in [3.05, 3.63) is 0 Å². The Morgan fingerprint density at radius 2 is 2.18 bits per heavy atom. The van der Waals surface area contributed by atoms with Crippen LogP contribution >= 0.6 is 12.2 Å². The summed E-state index contributed by atoms with van der Waals surface area (Å²) in [5.74, 6) is -1.20. The Balaban J connectivity index is 3.90. The molecule has 0 spiro atoms. The number of thiocarbonyl (C=S) groups is 1. The first kappa shape index (κ1) is 10.6. The van der Waals surface area contributed by atoms with Crippen LogP contribution in [-0.4, -0.2) is 15.9 Å². The smallest absolute Gasteiger partial charge is 0.311 e. The van der Waals surface area contributed by atoms with E-state index in [1.165, 1.54) is 0 Å². The molecule has 2 nitrogen and oxygen atoms in total. The zero-order valence-electron chi connectivity index (χ0n) is 6.96. The van der Waals surface area contributed by atoms with E-state index in [1.54, 1.807) is 6.92 Å². The van der Waals surface area contributed by atoms with Gasteiger partial charge >= 0.3 is 5.97 Å². The van der Waals surface area contributed by atoms with Crippen molar-refractivity contribution in [2.24, 2.45) is 5.92 Å². The van der Waals surface area contributed by atoms with E-state index in [-0.39, 0.29) is 0 Å². The fourth-order valence-electron chi connectivity index (χ4n) is 0.909. The molecule has 0 amide bonds. The van der Waals surface area contributed by atoms with Crippen LogP contribution in [0.15, 0.2) is 0 Å². The molecule has 1 atom stereocenters. The van der Waals surface area contributed by atoms with Crippen molar-refractivity contribution in [1.29, 1.82) is 0 Å². The van der Waals surface area contributed by atoms with Crippen LogP contribution in [0.1, 0.15) is 33.1 Å². The molecule has 0 rings (SSSR count). The van der Waals surface area contributed by atoms with Gasteiger partial charge in [-0.2, -0.15) is 0 Å². The van der Waals surface area contributed by atoms with E-state index in [0.717, 1.165) is 12.8 Å². The Morgan fingerprint density at radius 1 is 1.64 bits per heavy atom. The fourth-order valence-corrected chi connectivity index (χ4v) is 1.13. The SMILES string of the molecule is CCCCC(C(=O)O)C(C)=S. The van der Waals surface area contributed by atoms with Gasteiger partial charge in [0.2, 0.25) is 0 Å². The van der Waals surface area contributed by atoms with Gasteiger partial charge in [-0.25, -0.2) is 0 Å². The Hall–Kier alpha value is -0.440. The van der Waals surface area contributed by atoms with E-state index < -0.39 is 11.9 Å². The quantitative estimate of drug-likeness (QED) is 0.650. The lowest BCUT2D eigenvalue weighted by atomic mass is 10.00. The van der Waals surface area contributed by atoms with Crippen LogP contribution in [0.3, 0.4) is 0 Å². The number of unbranched alkanes of at least 4 members (excludes halogenated alkanes) is 1. The minimum absolute atomic E-state index is 0.412. The average Bonchev–Trinajstić information content (AvgIpc) is 1.87. The van der Waals surface area contributed by atoms with Gasteiger partial charge in [0.05, 0.1) is 5.92 Å². The third-order valence-electron chi connectivity index (χ3n) is 1.64. The first-order valence-electron chi connectivity index (χ1n) is 3.82. The van der Waals surface area contributed by atoms with Gasteiger partial charge in [0, 0.05) is 4.86 Å². The highest BCUT2D eigenvalue weighted by Gasteiger charge is 2.17. The predicted octanol–water partition coefficient (Wildman–Crippen LogP) is 2.27. The average molecular weight is 174 g/mol. The van der Waals surface area contributed by atoms with Crippen LogP contribution in [0.5, 0.6) is 0 Å². The van der Waals surface area contributed by atoms with Gasteiger partial charge in [-0.05, 0) is 13.3 Å². The van der Waals surface area contributed by atoms with Gasteiger partial charge < -0.3 is 5.11 Å². The molecular formula is C8H14O2S. The highest BCUT2D eigenvalue weighted by molar-refractivity contribution is 7.80. The zero-order valence-corrected chi connectivity index (χ0v) is 7.78. The summed E-state index contributed by atoms with van der Waals surface area (Å²) in [5.41, 5.74) is 0. The van der Waals surface area contributed by atoms with Gasteiger partial charge in [0.1, 0.15) is 0 Å². The Morgan fingerprint density at radius 3 is 2.45 bits per heavy atom. The molecule has 0 bridgehead atoms. The molecular weight excluding hydrogens is 160 g/mol. The lowest BCUT2D eigenvalue weighted by Gasteiger charge is -2.08. The van der Waals surface area contributed by atoms with E-state index >= 15 is 0 Å². The summed E-state index contributed by atoms with van der Waals surface area (Å²) in [4.78, 5) is 11.1. The first-order chi connectivity index (χ1) is 5.09. The van der Waals surface area contributed by atoms with Crippen molar-refractivity contribution >= 4 is 23.1 Å². The molecule has 0 aromatic rings. The zero-order chi connectivity index (χ0) is 8.85. The van der Waals surface area contributed by atoms with Crippen molar-refractivity contribution in [2.75, 3.05) is 0 Å². The second-order valence-electron chi connectivity index (χ2n) is 2.64. The molecule has 0 aliphatic heterocycles. The molecule has 3 heteroatoms. The van der Waals surface area contributed by atoms with Crippen molar-refractivity contribution in [3.63, 3.8) is 0 Å². The molecule has 1 N–H and O–H groups in total. The first-order valence-corrected chi connectivity index (χ1v) is 4.23. The van der Waals surface area contributed by atoms with Crippen LogP contribution < -0.4 is 0 Å². The summed E-state index contributed by atoms with van der Waals surface area (Å²) in [5, 5.41) is 8.68. The molecule has 0 radical (unpaired) electrons. The molecule has 0 aliphatic carbocycles. The normalized spacial score (nSPS) is 12.5. The number of carboxylic acids is 1.